The van der Waals surface area contributed by atoms with Crippen LogP contribution in [-0.2, 0) is 19.8 Å². The number of amides is 1. The van der Waals surface area contributed by atoms with Gasteiger partial charge in [-0.25, -0.2) is 4.68 Å². The maximum atomic E-state index is 13.6. The summed E-state index contributed by atoms with van der Waals surface area (Å²) in [5.74, 6) is -0.466. The van der Waals surface area contributed by atoms with Crippen LogP contribution in [0, 0.1) is 0 Å². The zero-order valence-corrected chi connectivity index (χ0v) is 18.4. The van der Waals surface area contributed by atoms with Gasteiger partial charge in [-0.1, -0.05) is 41.4 Å². The fourth-order valence-electron chi connectivity index (χ4n) is 3.08. The van der Waals surface area contributed by atoms with Crippen LogP contribution in [0.1, 0.15) is 21.1 Å². The van der Waals surface area contributed by atoms with Crippen molar-refractivity contribution in [2.75, 3.05) is 7.05 Å². The van der Waals surface area contributed by atoms with Gasteiger partial charge in [-0.15, -0.1) is 11.3 Å². The van der Waals surface area contributed by atoms with E-state index in [0.29, 0.717) is 11.4 Å². The van der Waals surface area contributed by atoms with Gasteiger partial charge in [0.25, 0.3) is 5.91 Å². The van der Waals surface area contributed by atoms with Crippen molar-refractivity contribution in [2.24, 2.45) is 7.05 Å². The van der Waals surface area contributed by atoms with Gasteiger partial charge in [-0.2, -0.15) is 23.4 Å². The van der Waals surface area contributed by atoms with E-state index in [0.717, 1.165) is 11.3 Å². The Hall–Kier alpha value is -2.56. The van der Waals surface area contributed by atoms with Crippen molar-refractivity contribution in [1.29, 1.82) is 0 Å². The SMILES string of the molecule is CN(Cc1nn(C)c(Cl)c1Cl)C(=O)c1cc2c(C(F)(F)F)nn(-c3ccccc3)c2s1. The maximum Gasteiger partial charge on any atom is 0.435 e. The highest BCUT2D eigenvalue weighted by Crippen LogP contribution is 2.39. The molecule has 0 N–H and O–H groups in total. The van der Waals surface area contributed by atoms with Crippen molar-refractivity contribution in [1.82, 2.24) is 24.5 Å². The minimum atomic E-state index is -4.66. The molecule has 4 aromatic rings. The fourth-order valence-corrected chi connectivity index (χ4v) is 4.58. The number of para-hydroxylation sites is 1. The van der Waals surface area contributed by atoms with Gasteiger partial charge in [-0.05, 0) is 18.2 Å². The summed E-state index contributed by atoms with van der Waals surface area (Å²) in [6.45, 7) is 0.0450. The van der Waals surface area contributed by atoms with Crippen molar-refractivity contribution in [2.45, 2.75) is 12.7 Å². The summed E-state index contributed by atoms with van der Waals surface area (Å²) in [4.78, 5) is 14.6. The molecule has 6 nitrogen and oxygen atoms in total. The Morgan fingerprint density at radius 1 is 1.19 bits per heavy atom. The van der Waals surface area contributed by atoms with Crippen LogP contribution in [0.2, 0.25) is 10.2 Å². The monoisotopic (exact) mass is 487 g/mol. The van der Waals surface area contributed by atoms with Gasteiger partial charge >= 0.3 is 6.18 Å². The third kappa shape index (κ3) is 3.90. The molecule has 162 valence electrons. The first-order valence-electron chi connectivity index (χ1n) is 8.85. The molecule has 3 aromatic heterocycles. The Morgan fingerprint density at radius 2 is 1.87 bits per heavy atom. The quantitative estimate of drug-likeness (QED) is 0.386. The molecule has 12 heteroatoms. The number of hydrogen-bond acceptors (Lipinski definition) is 4. The third-order valence-corrected chi connectivity index (χ3v) is 6.59. The molecule has 31 heavy (non-hydrogen) atoms. The van der Waals surface area contributed by atoms with Crippen LogP contribution in [0.25, 0.3) is 15.9 Å². The minimum absolute atomic E-state index is 0.0450. The topological polar surface area (TPSA) is 56.0 Å². The summed E-state index contributed by atoms with van der Waals surface area (Å²) in [7, 11) is 3.12. The largest absolute Gasteiger partial charge is 0.435 e. The van der Waals surface area contributed by atoms with Gasteiger partial charge in [0.15, 0.2) is 5.69 Å². The number of halogens is 5. The molecule has 0 aliphatic rings. The molecule has 0 saturated heterocycles. The summed E-state index contributed by atoms with van der Waals surface area (Å²) >= 11 is 13.1. The summed E-state index contributed by atoms with van der Waals surface area (Å²) in [6.07, 6.45) is -4.66. The minimum Gasteiger partial charge on any atom is -0.335 e. The van der Waals surface area contributed by atoms with E-state index in [9.17, 15) is 18.0 Å². The van der Waals surface area contributed by atoms with Crippen LogP contribution in [0.15, 0.2) is 36.4 Å². The molecule has 0 atom stereocenters. The molecule has 1 aromatic carbocycles. The highest BCUT2D eigenvalue weighted by molar-refractivity contribution is 7.20. The van der Waals surface area contributed by atoms with Crippen molar-refractivity contribution < 1.29 is 18.0 Å². The summed E-state index contributed by atoms with van der Waals surface area (Å²) < 4.78 is 43.3. The van der Waals surface area contributed by atoms with E-state index in [1.807, 2.05) is 0 Å². The molecule has 0 aliphatic carbocycles. The number of fused-ring (bicyclic) bond motifs is 1. The fraction of sp³-hybridized carbons (Fsp3) is 0.211. The van der Waals surface area contributed by atoms with Crippen molar-refractivity contribution in [3.63, 3.8) is 0 Å². The smallest absolute Gasteiger partial charge is 0.335 e. The lowest BCUT2D eigenvalue weighted by molar-refractivity contribution is -0.140. The second-order valence-corrected chi connectivity index (χ2v) is 8.53. The molecule has 1 amide bonds. The van der Waals surface area contributed by atoms with E-state index >= 15 is 0 Å². The van der Waals surface area contributed by atoms with E-state index in [-0.39, 0.29) is 31.8 Å². The number of thiophene rings is 1. The molecular formula is C19H14Cl2F3N5OS. The van der Waals surface area contributed by atoms with Crippen LogP contribution in [0.3, 0.4) is 0 Å². The summed E-state index contributed by atoms with van der Waals surface area (Å²) in [5, 5.41) is 8.25. The Morgan fingerprint density at radius 3 is 2.45 bits per heavy atom. The standard InChI is InChI=1S/C19H14Cl2F3N5OS/c1-27(9-12-14(20)16(21)28(2)25-12)17(30)13-8-11-15(19(22,23)24)26-29(18(11)31-13)10-6-4-3-5-7-10/h3-8H,9H2,1-2H3. The van der Waals surface area contributed by atoms with E-state index in [1.54, 1.807) is 37.4 Å². The lowest BCUT2D eigenvalue weighted by Crippen LogP contribution is -2.25. The predicted octanol–water partition coefficient (Wildman–Crippen LogP) is 5.42. The molecule has 0 aliphatic heterocycles. The number of aromatic nitrogens is 4. The number of hydrogen-bond donors (Lipinski definition) is 0. The van der Waals surface area contributed by atoms with Crippen LogP contribution >= 0.6 is 34.5 Å². The Labute approximate surface area is 188 Å². The molecule has 0 radical (unpaired) electrons. The highest BCUT2D eigenvalue weighted by Gasteiger charge is 2.38. The average Bonchev–Trinajstić information content (AvgIpc) is 3.36. The number of benzene rings is 1. The van der Waals surface area contributed by atoms with Crippen LogP contribution < -0.4 is 0 Å². The molecule has 4 rings (SSSR count). The van der Waals surface area contributed by atoms with Crippen molar-refractivity contribution in [3.05, 3.63) is 62.8 Å². The van der Waals surface area contributed by atoms with Gasteiger partial charge in [0.2, 0.25) is 0 Å². The molecule has 0 bridgehead atoms. The second kappa shape index (κ2) is 7.85. The predicted molar refractivity (Wildman–Crippen MR) is 113 cm³/mol. The Bertz CT molecular complexity index is 1280. The van der Waals surface area contributed by atoms with Crippen LogP contribution in [-0.4, -0.2) is 37.4 Å². The average molecular weight is 488 g/mol. The maximum absolute atomic E-state index is 13.6. The molecule has 0 unspecified atom stereocenters. The molecular weight excluding hydrogens is 474 g/mol. The van der Waals surface area contributed by atoms with Gasteiger partial charge in [0.1, 0.15) is 20.7 Å². The number of alkyl halides is 3. The molecule has 0 fully saturated rings. The van der Waals surface area contributed by atoms with Gasteiger partial charge in [0.05, 0.1) is 17.1 Å². The number of carbonyl (C=O) groups is 1. The molecule has 3 heterocycles. The van der Waals surface area contributed by atoms with Crippen LogP contribution in [0.4, 0.5) is 13.2 Å². The second-order valence-electron chi connectivity index (χ2n) is 6.76. The van der Waals surface area contributed by atoms with Crippen molar-refractivity contribution >= 4 is 50.7 Å². The van der Waals surface area contributed by atoms with Gasteiger partial charge in [0, 0.05) is 19.5 Å². The zero-order valence-electron chi connectivity index (χ0n) is 16.1. The van der Waals surface area contributed by atoms with E-state index in [2.05, 4.69) is 10.2 Å². The first-order valence-corrected chi connectivity index (χ1v) is 10.4. The number of carbonyl (C=O) groups excluding carboxylic acids is 1. The Kier molecular flexibility index (Phi) is 5.48. The number of aryl methyl sites for hydroxylation is 1. The third-order valence-electron chi connectivity index (χ3n) is 4.56. The molecule has 0 saturated carbocycles. The lowest BCUT2D eigenvalue weighted by Gasteiger charge is -2.15. The highest BCUT2D eigenvalue weighted by atomic mass is 35.5. The van der Waals surface area contributed by atoms with E-state index in [4.69, 9.17) is 23.2 Å². The van der Waals surface area contributed by atoms with Gasteiger partial charge in [-0.3, -0.25) is 9.48 Å². The normalized spacial score (nSPS) is 12.0. The summed E-state index contributed by atoms with van der Waals surface area (Å²) in [5.41, 5.74) is -0.187. The number of nitrogens with zero attached hydrogens (tertiary/aromatic N) is 5. The molecule has 0 spiro atoms. The van der Waals surface area contributed by atoms with Crippen molar-refractivity contribution in [3.8, 4) is 5.69 Å². The van der Waals surface area contributed by atoms with E-state index in [1.165, 1.54) is 27.4 Å². The lowest BCUT2D eigenvalue weighted by atomic mass is 10.2. The summed E-state index contributed by atoms with van der Waals surface area (Å²) in [6, 6.07) is 9.67. The first kappa shape index (κ1) is 21.7. The number of rotatable bonds is 4. The Balaban J connectivity index is 1.73. The van der Waals surface area contributed by atoms with E-state index < -0.39 is 17.8 Å². The first-order chi connectivity index (χ1) is 14.6. The van der Waals surface area contributed by atoms with Gasteiger partial charge < -0.3 is 4.90 Å². The zero-order chi connectivity index (χ0) is 22.5. The van der Waals surface area contributed by atoms with Crippen LogP contribution in [0.5, 0.6) is 0 Å².